The van der Waals surface area contributed by atoms with Crippen molar-refractivity contribution >= 4 is 40.1 Å². The molecule has 7 rings (SSSR count). The lowest BCUT2D eigenvalue weighted by Crippen LogP contribution is -2.35. The molecule has 53 heavy (non-hydrogen) atoms. The van der Waals surface area contributed by atoms with E-state index in [0.29, 0.717) is 28.1 Å². The van der Waals surface area contributed by atoms with Crippen molar-refractivity contribution in [2.75, 3.05) is 31.4 Å². The Morgan fingerprint density at radius 2 is 1.70 bits per heavy atom. The number of carbonyl (C=O) groups excluding carboxylic acids is 2. The molecule has 11 nitrogen and oxygen atoms in total. The number of halogens is 4. The van der Waals surface area contributed by atoms with Crippen molar-refractivity contribution in [2.24, 2.45) is 0 Å². The molecule has 2 amide bonds. The number of carboxylic acids is 1. The van der Waals surface area contributed by atoms with Crippen molar-refractivity contribution in [3.8, 4) is 16.9 Å². The average molecular weight is 735 g/mol. The van der Waals surface area contributed by atoms with Gasteiger partial charge in [0, 0.05) is 53.6 Å². The second-order valence-corrected chi connectivity index (χ2v) is 12.2. The second-order valence-electron chi connectivity index (χ2n) is 12.2. The van der Waals surface area contributed by atoms with Gasteiger partial charge in [-0.3, -0.25) is 14.9 Å². The van der Waals surface area contributed by atoms with Crippen LogP contribution in [0.25, 0.3) is 21.9 Å². The molecule has 4 bridgehead atoms. The number of H-pyrrole nitrogens is 1. The molecule has 4 N–H and O–H groups in total. The van der Waals surface area contributed by atoms with Gasteiger partial charge >= 0.3 is 18.2 Å². The zero-order valence-electron chi connectivity index (χ0n) is 28.6. The van der Waals surface area contributed by atoms with Crippen molar-refractivity contribution in [1.82, 2.24) is 9.88 Å². The summed E-state index contributed by atoms with van der Waals surface area (Å²) < 4.78 is 59.0. The lowest BCUT2D eigenvalue weighted by molar-refractivity contribution is -0.192. The van der Waals surface area contributed by atoms with E-state index in [0.717, 1.165) is 22.1 Å². The Morgan fingerprint density at radius 1 is 0.981 bits per heavy atom. The van der Waals surface area contributed by atoms with Crippen LogP contribution in [0.1, 0.15) is 35.6 Å². The number of carboxylic acid groups (broad SMARTS) is 1. The number of likely N-dealkylation sites (N-methyl/N-ethyl adjacent to an activating group) is 1. The number of nitrogens with zero attached hydrogens (tertiary/aromatic N) is 1. The van der Waals surface area contributed by atoms with Gasteiger partial charge in [0.1, 0.15) is 17.6 Å². The summed E-state index contributed by atoms with van der Waals surface area (Å²) in [4.78, 5) is 52.8. The molecular formula is C38H34F4N4O7. The van der Waals surface area contributed by atoms with Crippen LogP contribution >= 0.6 is 0 Å². The number of pyridine rings is 1. The van der Waals surface area contributed by atoms with E-state index in [1.54, 1.807) is 56.6 Å². The van der Waals surface area contributed by atoms with Crippen molar-refractivity contribution in [3.05, 3.63) is 124 Å². The van der Waals surface area contributed by atoms with Gasteiger partial charge in [0.25, 0.3) is 5.56 Å². The number of ether oxygens (including phenoxy) is 2. The van der Waals surface area contributed by atoms with Crippen molar-refractivity contribution in [3.63, 3.8) is 0 Å². The van der Waals surface area contributed by atoms with Crippen molar-refractivity contribution in [1.29, 1.82) is 0 Å². The van der Waals surface area contributed by atoms with Gasteiger partial charge in [-0.2, -0.15) is 13.2 Å². The first-order valence-corrected chi connectivity index (χ1v) is 16.1. The molecule has 0 radical (unpaired) electrons. The van der Waals surface area contributed by atoms with Crippen LogP contribution in [0.2, 0.25) is 0 Å². The van der Waals surface area contributed by atoms with Gasteiger partial charge in [-0.05, 0) is 64.5 Å². The minimum atomic E-state index is -5.08. The van der Waals surface area contributed by atoms with Gasteiger partial charge in [0.2, 0.25) is 5.91 Å². The van der Waals surface area contributed by atoms with E-state index >= 15 is 4.39 Å². The predicted octanol–water partition coefficient (Wildman–Crippen LogP) is 7.45. The Bertz CT molecular complexity index is 2210. The van der Waals surface area contributed by atoms with Crippen LogP contribution in [-0.2, 0) is 20.9 Å². The summed E-state index contributed by atoms with van der Waals surface area (Å²) in [6, 6.07) is 23.7. The van der Waals surface area contributed by atoms with Crippen LogP contribution in [0.3, 0.4) is 0 Å². The SMILES string of the molecule is COc1cc2c(F)cc1[C@@H](C)COC(=O)Nc1ccc(-c3ccccc3)c(c1)CN(C)C(=O)[C@@H]2Nc1ccc2cc[nH]c(=O)c2c1.O=C(O)C(F)(F)F. The van der Waals surface area contributed by atoms with Crippen LogP contribution in [0.5, 0.6) is 5.75 Å². The van der Waals surface area contributed by atoms with Crippen LogP contribution in [0.15, 0.2) is 95.9 Å². The smallest absolute Gasteiger partial charge is 0.490 e. The van der Waals surface area contributed by atoms with E-state index in [-0.39, 0.29) is 24.3 Å². The molecule has 1 aromatic heterocycles. The third kappa shape index (κ3) is 8.92. The minimum absolute atomic E-state index is 0.0368. The van der Waals surface area contributed by atoms with Crippen LogP contribution in [-0.4, -0.2) is 59.9 Å². The molecule has 3 heterocycles. The first kappa shape index (κ1) is 37.9. The zero-order chi connectivity index (χ0) is 38.4. The Kier molecular flexibility index (Phi) is 11.3. The van der Waals surface area contributed by atoms with Gasteiger partial charge in [-0.1, -0.05) is 49.4 Å². The van der Waals surface area contributed by atoms with E-state index in [2.05, 4.69) is 15.6 Å². The standard InChI is InChI=1S/C36H33FN4O5.C2HF3O2/c1-21-20-46-36(44)40-25-11-12-27(22-7-5-4-6-8-22)24(15-25)19-41(2)35(43)33(30-18-32(45-3)28(21)17-31(30)37)39-26-10-9-23-13-14-38-34(42)29(23)16-26;3-2(4,5)1(6)7/h4-18,21,33,39H,19-20H2,1-3H3,(H,38,42)(H,40,44);(H,6,7)/t21-,33+;/m0./s1. The summed E-state index contributed by atoms with van der Waals surface area (Å²) in [5.74, 6) is -3.90. The summed E-state index contributed by atoms with van der Waals surface area (Å²) in [5.41, 5.74) is 3.78. The minimum Gasteiger partial charge on any atom is -0.496 e. The number of fused-ring (bicyclic) bond motifs is 10. The number of aromatic nitrogens is 1. The number of carbonyl (C=O) groups is 3. The fourth-order valence-electron chi connectivity index (χ4n) is 5.78. The highest BCUT2D eigenvalue weighted by atomic mass is 19.4. The third-order valence-electron chi connectivity index (χ3n) is 8.45. The summed E-state index contributed by atoms with van der Waals surface area (Å²) in [5, 5.41) is 14.3. The molecular weight excluding hydrogens is 700 g/mol. The molecule has 2 atom stereocenters. The van der Waals surface area contributed by atoms with Crippen molar-refractivity contribution < 1.29 is 46.5 Å². The zero-order valence-corrected chi connectivity index (χ0v) is 28.6. The van der Waals surface area contributed by atoms with Gasteiger partial charge < -0.3 is 29.8 Å². The summed E-state index contributed by atoms with van der Waals surface area (Å²) in [7, 11) is 3.10. The average Bonchev–Trinajstić information content (AvgIpc) is 3.13. The number of rotatable bonds is 4. The molecule has 0 aliphatic carbocycles. The Hall–Kier alpha value is -6.38. The van der Waals surface area contributed by atoms with Gasteiger partial charge in [-0.15, -0.1) is 0 Å². The van der Waals surface area contributed by atoms with Gasteiger partial charge in [0.15, 0.2) is 0 Å². The molecule has 0 unspecified atom stereocenters. The summed E-state index contributed by atoms with van der Waals surface area (Å²) >= 11 is 0. The highest BCUT2D eigenvalue weighted by Crippen LogP contribution is 2.35. The van der Waals surface area contributed by atoms with Crippen LogP contribution < -0.4 is 20.9 Å². The normalized spacial score (nSPS) is 16.2. The number of nitrogens with one attached hydrogen (secondary N) is 3. The molecule has 4 aromatic carbocycles. The number of hydrogen-bond donors (Lipinski definition) is 4. The Morgan fingerprint density at radius 3 is 2.38 bits per heavy atom. The molecule has 2 aliphatic heterocycles. The lowest BCUT2D eigenvalue weighted by Gasteiger charge is -2.28. The predicted molar refractivity (Wildman–Crippen MR) is 189 cm³/mol. The molecule has 0 fully saturated rings. The third-order valence-corrected chi connectivity index (χ3v) is 8.45. The molecule has 0 saturated heterocycles. The van der Waals surface area contributed by atoms with E-state index < -0.39 is 41.9 Å². The summed E-state index contributed by atoms with van der Waals surface area (Å²) in [6.45, 7) is 1.89. The molecule has 15 heteroatoms. The Labute approximate surface area is 300 Å². The Balaban J connectivity index is 0.000000705. The number of amides is 2. The summed E-state index contributed by atoms with van der Waals surface area (Å²) in [6.07, 6.45) is -4.17. The quantitative estimate of drug-likeness (QED) is 0.139. The van der Waals surface area contributed by atoms with E-state index in [1.165, 1.54) is 24.1 Å². The highest BCUT2D eigenvalue weighted by Gasteiger charge is 2.38. The maximum absolute atomic E-state index is 16.1. The van der Waals surface area contributed by atoms with E-state index in [4.69, 9.17) is 19.4 Å². The lowest BCUT2D eigenvalue weighted by atomic mass is 9.95. The van der Waals surface area contributed by atoms with Crippen molar-refractivity contribution in [2.45, 2.75) is 31.6 Å². The first-order chi connectivity index (χ1) is 25.2. The van der Waals surface area contributed by atoms with Crippen LogP contribution in [0.4, 0.5) is 33.7 Å². The first-order valence-electron chi connectivity index (χ1n) is 16.1. The fourth-order valence-corrected chi connectivity index (χ4v) is 5.78. The van der Waals surface area contributed by atoms with Gasteiger partial charge in [0.05, 0.1) is 13.7 Å². The molecule has 0 spiro atoms. The molecule has 0 saturated carbocycles. The maximum Gasteiger partial charge on any atom is 0.490 e. The number of anilines is 2. The fraction of sp³-hybridized carbons (Fsp3) is 0.211. The van der Waals surface area contributed by atoms with E-state index in [9.17, 15) is 27.6 Å². The number of alkyl halides is 3. The number of benzene rings is 4. The van der Waals surface area contributed by atoms with Gasteiger partial charge in [-0.25, -0.2) is 14.0 Å². The number of aromatic amines is 1. The highest BCUT2D eigenvalue weighted by molar-refractivity contribution is 5.90. The number of methoxy groups -OCH3 is 1. The monoisotopic (exact) mass is 734 g/mol. The molecule has 2 aliphatic rings. The van der Waals surface area contributed by atoms with E-state index in [1.807, 2.05) is 36.4 Å². The number of aliphatic carboxylic acids is 1. The molecule has 5 aromatic rings. The van der Waals surface area contributed by atoms with Crippen LogP contribution in [0, 0.1) is 5.82 Å². The maximum atomic E-state index is 16.1. The largest absolute Gasteiger partial charge is 0.496 e. The number of hydrogen-bond acceptors (Lipinski definition) is 7. The molecule has 276 valence electrons. The topological polar surface area (TPSA) is 150 Å². The second kappa shape index (κ2) is 15.9.